The average molecular weight is 463 g/mol. The molecule has 0 unspecified atom stereocenters. The molecule has 3 aliphatic rings. The number of carbonyl (C=O) groups is 1. The number of anilines is 1. The molecule has 1 aliphatic carbocycles. The van der Waals surface area contributed by atoms with Gasteiger partial charge in [0.15, 0.2) is 0 Å². The number of hydrogen-bond acceptors (Lipinski definition) is 4. The predicted octanol–water partition coefficient (Wildman–Crippen LogP) is 4.63. The van der Waals surface area contributed by atoms with Crippen LogP contribution in [0.5, 0.6) is 0 Å². The van der Waals surface area contributed by atoms with Crippen LogP contribution in [0.25, 0.3) is 10.1 Å². The lowest BCUT2D eigenvalue weighted by Gasteiger charge is -2.40. The van der Waals surface area contributed by atoms with Crippen LogP contribution in [0.3, 0.4) is 0 Å². The summed E-state index contributed by atoms with van der Waals surface area (Å²) in [6.07, 6.45) is 5.35. The number of nitrogens with one attached hydrogen (secondary N) is 1. The summed E-state index contributed by atoms with van der Waals surface area (Å²) in [7, 11) is 0. The molecule has 5 rings (SSSR count). The first-order valence-corrected chi connectivity index (χ1v) is 12.7. The summed E-state index contributed by atoms with van der Waals surface area (Å²) in [6, 6.07) is 8.66. The summed E-state index contributed by atoms with van der Waals surface area (Å²) in [5, 5.41) is 6.50. The molecule has 174 valence electrons. The van der Waals surface area contributed by atoms with Crippen LogP contribution in [-0.2, 0) is 0 Å². The number of halogens is 2. The lowest BCUT2D eigenvalue weighted by molar-refractivity contribution is -0.110. The highest BCUT2D eigenvalue weighted by molar-refractivity contribution is 7.17. The Kier molecular flexibility index (Phi) is 6.25. The largest absolute Gasteiger partial charge is 0.368 e. The van der Waals surface area contributed by atoms with E-state index in [1.807, 2.05) is 0 Å². The van der Waals surface area contributed by atoms with E-state index < -0.39 is 19.0 Å². The fourth-order valence-electron chi connectivity index (χ4n) is 5.35. The zero-order valence-electron chi connectivity index (χ0n) is 18.4. The third kappa shape index (κ3) is 4.86. The molecule has 3 heterocycles. The number of alkyl halides is 2. The Morgan fingerprint density at radius 1 is 1.06 bits per heavy atom. The minimum Gasteiger partial charge on any atom is -0.368 e. The van der Waals surface area contributed by atoms with Crippen molar-refractivity contribution in [3.05, 3.63) is 29.6 Å². The zero-order chi connectivity index (χ0) is 22.1. The first-order valence-electron chi connectivity index (χ1n) is 11.8. The van der Waals surface area contributed by atoms with Crippen LogP contribution in [-0.4, -0.2) is 73.6 Å². The molecule has 0 bridgehead atoms. The highest BCUT2D eigenvalue weighted by atomic mass is 32.1. The number of piperazine rings is 1. The SMILES string of the molecule is O=C(NC1CCC(CCN2CCN(c3cccc4sccc34)CC2)CC1)N1CC(F)(F)C1. The molecule has 2 saturated heterocycles. The van der Waals surface area contributed by atoms with E-state index in [-0.39, 0.29) is 12.1 Å². The Bertz CT molecular complexity index is 927. The van der Waals surface area contributed by atoms with Crippen molar-refractivity contribution >= 4 is 33.1 Å². The Labute approximate surface area is 192 Å². The van der Waals surface area contributed by atoms with Gasteiger partial charge in [-0.3, -0.25) is 4.90 Å². The summed E-state index contributed by atoms with van der Waals surface area (Å²) < 4.78 is 27.3. The van der Waals surface area contributed by atoms with Gasteiger partial charge in [0.1, 0.15) is 0 Å². The number of benzene rings is 1. The van der Waals surface area contributed by atoms with Gasteiger partial charge in [-0.05, 0) is 68.1 Å². The molecule has 5 nitrogen and oxygen atoms in total. The number of thiophene rings is 1. The number of rotatable bonds is 5. The molecule has 2 aliphatic heterocycles. The summed E-state index contributed by atoms with van der Waals surface area (Å²) in [5.41, 5.74) is 1.37. The third-order valence-electron chi connectivity index (χ3n) is 7.35. The van der Waals surface area contributed by atoms with Gasteiger partial charge in [-0.2, -0.15) is 0 Å². The first kappa shape index (κ1) is 21.9. The normalized spacial score (nSPS) is 26.2. The van der Waals surface area contributed by atoms with Crippen LogP contribution in [0.1, 0.15) is 32.1 Å². The Hall–Kier alpha value is -1.93. The number of fused-ring (bicyclic) bond motifs is 1. The number of urea groups is 1. The Balaban J connectivity index is 1.01. The summed E-state index contributed by atoms with van der Waals surface area (Å²) in [5.74, 6) is -1.99. The molecule has 2 amide bonds. The maximum atomic E-state index is 12.9. The molecule has 32 heavy (non-hydrogen) atoms. The van der Waals surface area contributed by atoms with Crippen molar-refractivity contribution < 1.29 is 13.6 Å². The van der Waals surface area contributed by atoms with Gasteiger partial charge in [0.2, 0.25) is 0 Å². The molecule has 1 aromatic carbocycles. The number of likely N-dealkylation sites (tertiary alicyclic amines) is 1. The van der Waals surface area contributed by atoms with Gasteiger partial charge in [0.25, 0.3) is 5.92 Å². The number of nitrogens with zero attached hydrogens (tertiary/aromatic N) is 3. The standard InChI is InChI=1S/C24H32F2N4OS/c25-24(26)16-30(17-24)23(31)27-19-6-4-18(5-7-19)8-10-28-11-13-29(14-12-28)21-2-1-3-22-20(21)9-15-32-22/h1-3,9,15,18-19H,4-8,10-14,16-17H2,(H,27,31). The van der Waals surface area contributed by atoms with E-state index in [4.69, 9.17) is 0 Å². The lowest BCUT2D eigenvalue weighted by atomic mass is 9.84. The van der Waals surface area contributed by atoms with Gasteiger partial charge in [0, 0.05) is 48.0 Å². The van der Waals surface area contributed by atoms with E-state index in [1.54, 1.807) is 11.3 Å². The van der Waals surface area contributed by atoms with Crippen molar-refractivity contribution in [2.24, 2.45) is 5.92 Å². The van der Waals surface area contributed by atoms with Crippen molar-refractivity contribution in [3.8, 4) is 0 Å². The molecule has 8 heteroatoms. The third-order valence-corrected chi connectivity index (χ3v) is 8.23. The van der Waals surface area contributed by atoms with Crippen molar-refractivity contribution in [1.82, 2.24) is 15.1 Å². The predicted molar refractivity (Wildman–Crippen MR) is 126 cm³/mol. The van der Waals surface area contributed by atoms with Gasteiger partial charge >= 0.3 is 6.03 Å². The highest BCUT2D eigenvalue weighted by Crippen LogP contribution is 2.32. The molecule has 0 atom stereocenters. The van der Waals surface area contributed by atoms with Gasteiger partial charge in [-0.25, -0.2) is 13.6 Å². The van der Waals surface area contributed by atoms with E-state index in [9.17, 15) is 13.6 Å². The molecule has 1 saturated carbocycles. The van der Waals surface area contributed by atoms with Crippen LogP contribution in [0.2, 0.25) is 0 Å². The van der Waals surface area contributed by atoms with E-state index in [0.29, 0.717) is 5.92 Å². The molecule has 1 aromatic heterocycles. The van der Waals surface area contributed by atoms with Gasteiger partial charge < -0.3 is 15.1 Å². The van der Waals surface area contributed by atoms with Crippen LogP contribution >= 0.6 is 11.3 Å². The van der Waals surface area contributed by atoms with Crippen LogP contribution in [0.15, 0.2) is 29.6 Å². The first-order chi connectivity index (χ1) is 15.5. The van der Waals surface area contributed by atoms with Crippen LogP contribution in [0.4, 0.5) is 19.3 Å². The Morgan fingerprint density at radius 3 is 2.53 bits per heavy atom. The van der Waals surface area contributed by atoms with E-state index in [0.717, 1.165) is 58.4 Å². The maximum Gasteiger partial charge on any atom is 0.318 e. The van der Waals surface area contributed by atoms with Gasteiger partial charge in [-0.15, -0.1) is 11.3 Å². The van der Waals surface area contributed by atoms with Crippen molar-refractivity contribution in [2.45, 2.75) is 44.1 Å². The monoisotopic (exact) mass is 462 g/mol. The number of carbonyl (C=O) groups excluding carboxylic acids is 1. The van der Waals surface area contributed by atoms with Gasteiger partial charge in [0.05, 0.1) is 13.1 Å². The summed E-state index contributed by atoms with van der Waals surface area (Å²) in [6.45, 7) is 4.61. The number of amides is 2. The minimum atomic E-state index is -2.70. The molecular formula is C24H32F2N4OS. The van der Waals surface area contributed by atoms with E-state index in [2.05, 4.69) is 44.8 Å². The smallest absolute Gasteiger partial charge is 0.318 e. The van der Waals surface area contributed by atoms with E-state index in [1.165, 1.54) is 27.1 Å². The fourth-order valence-corrected chi connectivity index (χ4v) is 6.16. The second kappa shape index (κ2) is 9.14. The molecule has 2 aromatic rings. The van der Waals surface area contributed by atoms with Crippen molar-refractivity contribution in [3.63, 3.8) is 0 Å². The summed E-state index contributed by atoms with van der Waals surface area (Å²) in [4.78, 5) is 18.4. The molecule has 0 spiro atoms. The van der Waals surface area contributed by atoms with Crippen LogP contribution in [0, 0.1) is 5.92 Å². The lowest BCUT2D eigenvalue weighted by Crippen LogP contribution is -2.62. The minimum absolute atomic E-state index is 0.135. The second-order valence-electron chi connectivity index (χ2n) is 9.61. The second-order valence-corrected chi connectivity index (χ2v) is 10.6. The highest BCUT2D eigenvalue weighted by Gasteiger charge is 2.46. The zero-order valence-corrected chi connectivity index (χ0v) is 19.3. The number of hydrogen-bond donors (Lipinski definition) is 1. The molecular weight excluding hydrogens is 430 g/mol. The Morgan fingerprint density at radius 2 is 1.81 bits per heavy atom. The topological polar surface area (TPSA) is 38.8 Å². The quantitative estimate of drug-likeness (QED) is 0.704. The molecule has 0 radical (unpaired) electrons. The molecule has 1 N–H and O–H groups in total. The van der Waals surface area contributed by atoms with Crippen molar-refractivity contribution in [2.75, 3.05) is 50.7 Å². The van der Waals surface area contributed by atoms with Crippen LogP contribution < -0.4 is 10.2 Å². The maximum absolute atomic E-state index is 12.9. The molecule has 3 fully saturated rings. The van der Waals surface area contributed by atoms with Crippen molar-refractivity contribution in [1.29, 1.82) is 0 Å². The fraction of sp³-hybridized carbons (Fsp3) is 0.625. The van der Waals surface area contributed by atoms with E-state index >= 15 is 0 Å². The van der Waals surface area contributed by atoms with Gasteiger partial charge in [-0.1, -0.05) is 6.07 Å². The average Bonchev–Trinajstić information content (AvgIpc) is 3.26. The summed E-state index contributed by atoms with van der Waals surface area (Å²) >= 11 is 1.81.